The molecule has 1 aliphatic heterocycles. The first-order valence-electron chi connectivity index (χ1n) is 6.22. The molecule has 1 saturated heterocycles. The second kappa shape index (κ2) is 5.35. The standard InChI is InChI=1S/C13H19N3O2/c1-10-9-15(2)6-3-7-16(10)11-4-5-14-12(8-11)13(17)18/h4-5,8,10H,3,6-7,9H2,1-2H3,(H,17,18). The first-order valence-corrected chi connectivity index (χ1v) is 6.22. The lowest BCUT2D eigenvalue weighted by Gasteiger charge is -2.30. The average molecular weight is 249 g/mol. The van der Waals surface area contributed by atoms with Crippen molar-refractivity contribution in [3.8, 4) is 0 Å². The number of aromatic nitrogens is 1. The van der Waals surface area contributed by atoms with Crippen molar-refractivity contribution in [1.29, 1.82) is 0 Å². The molecule has 98 valence electrons. The molecule has 2 rings (SSSR count). The van der Waals surface area contributed by atoms with Gasteiger partial charge in [-0.15, -0.1) is 0 Å². The highest BCUT2D eigenvalue weighted by molar-refractivity contribution is 5.86. The Hall–Kier alpha value is -1.62. The largest absolute Gasteiger partial charge is 0.477 e. The Morgan fingerprint density at radius 3 is 3.00 bits per heavy atom. The summed E-state index contributed by atoms with van der Waals surface area (Å²) in [5.41, 5.74) is 1.06. The van der Waals surface area contributed by atoms with Crippen LogP contribution in [0.4, 0.5) is 5.69 Å². The van der Waals surface area contributed by atoms with E-state index in [2.05, 4.69) is 28.8 Å². The highest BCUT2D eigenvalue weighted by Crippen LogP contribution is 2.20. The van der Waals surface area contributed by atoms with Crippen LogP contribution in [-0.4, -0.2) is 53.7 Å². The van der Waals surface area contributed by atoms with Gasteiger partial charge in [0.2, 0.25) is 0 Å². The van der Waals surface area contributed by atoms with E-state index in [1.165, 1.54) is 0 Å². The smallest absolute Gasteiger partial charge is 0.354 e. The van der Waals surface area contributed by atoms with E-state index in [4.69, 9.17) is 5.11 Å². The maximum Gasteiger partial charge on any atom is 0.354 e. The zero-order valence-electron chi connectivity index (χ0n) is 10.8. The second-order valence-electron chi connectivity index (χ2n) is 4.86. The van der Waals surface area contributed by atoms with Gasteiger partial charge in [-0.3, -0.25) is 0 Å². The van der Waals surface area contributed by atoms with Crippen LogP contribution in [-0.2, 0) is 0 Å². The Kier molecular flexibility index (Phi) is 3.81. The van der Waals surface area contributed by atoms with Crippen LogP contribution in [0.15, 0.2) is 18.3 Å². The van der Waals surface area contributed by atoms with Gasteiger partial charge in [0.25, 0.3) is 0 Å². The molecule has 2 heterocycles. The molecular formula is C13H19N3O2. The van der Waals surface area contributed by atoms with Gasteiger partial charge in [-0.05, 0) is 39.1 Å². The number of aromatic carboxylic acids is 1. The molecule has 0 saturated carbocycles. The number of nitrogens with zero attached hydrogens (tertiary/aromatic N) is 3. The Balaban J connectivity index is 2.24. The number of hydrogen-bond donors (Lipinski definition) is 1. The molecule has 18 heavy (non-hydrogen) atoms. The molecule has 0 bridgehead atoms. The molecule has 5 nitrogen and oxygen atoms in total. The van der Waals surface area contributed by atoms with E-state index >= 15 is 0 Å². The van der Waals surface area contributed by atoms with Crippen LogP contribution in [0.2, 0.25) is 0 Å². The minimum atomic E-state index is -0.976. The first kappa shape index (κ1) is 12.8. The molecule has 0 aromatic carbocycles. The monoisotopic (exact) mass is 249 g/mol. The van der Waals surface area contributed by atoms with Crippen LogP contribution >= 0.6 is 0 Å². The van der Waals surface area contributed by atoms with Gasteiger partial charge in [0.05, 0.1) is 0 Å². The number of anilines is 1. The summed E-state index contributed by atoms with van der Waals surface area (Å²) in [6.07, 6.45) is 2.66. The van der Waals surface area contributed by atoms with Crippen molar-refractivity contribution in [2.75, 3.05) is 31.6 Å². The summed E-state index contributed by atoms with van der Waals surface area (Å²) in [5.74, 6) is -0.976. The summed E-state index contributed by atoms with van der Waals surface area (Å²) in [6, 6.07) is 3.92. The Bertz CT molecular complexity index is 436. The summed E-state index contributed by atoms with van der Waals surface area (Å²) in [6.45, 7) is 5.19. The molecule has 0 amide bonds. The van der Waals surface area contributed by atoms with Crippen LogP contribution in [0.3, 0.4) is 0 Å². The quantitative estimate of drug-likeness (QED) is 0.856. The van der Waals surface area contributed by atoms with E-state index < -0.39 is 5.97 Å². The fourth-order valence-electron chi connectivity index (χ4n) is 2.47. The van der Waals surface area contributed by atoms with E-state index in [0.717, 1.165) is 31.7 Å². The van der Waals surface area contributed by atoms with Crippen LogP contribution in [0.5, 0.6) is 0 Å². The summed E-state index contributed by atoms with van der Waals surface area (Å²) >= 11 is 0. The van der Waals surface area contributed by atoms with Crippen LogP contribution in [0, 0.1) is 0 Å². The maximum atomic E-state index is 10.9. The predicted molar refractivity (Wildman–Crippen MR) is 70.1 cm³/mol. The molecule has 1 aromatic heterocycles. The molecule has 1 atom stereocenters. The third-order valence-corrected chi connectivity index (χ3v) is 3.34. The van der Waals surface area contributed by atoms with Crippen LogP contribution < -0.4 is 4.90 Å². The lowest BCUT2D eigenvalue weighted by Crippen LogP contribution is -2.38. The number of likely N-dealkylation sites (N-methyl/N-ethyl adjacent to an activating group) is 1. The van der Waals surface area contributed by atoms with Gasteiger partial charge < -0.3 is 14.9 Å². The fraction of sp³-hybridized carbons (Fsp3) is 0.538. The molecule has 1 unspecified atom stereocenters. The average Bonchev–Trinajstić information content (AvgIpc) is 2.50. The van der Waals surface area contributed by atoms with E-state index in [0.29, 0.717) is 6.04 Å². The van der Waals surface area contributed by atoms with Crippen molar-refractivity contribution in [3.05, 3.63) is 24.0 Å². The third kappa shape index (κ3) is 2.79. The molecule has 0 aliphatic carbocycles. The van der Waals surface area contributed by atoms with Gasteiger partial charge in [-0.2, -0.15) is 0 Å². The zero-order chi connectivity index (χ0) is 13.1. The van der Waals surface area contributed by atoms with Gasteiger partial charge in [-0.25, -0.2) is 9.78 Å². The number of carbonyl (C=O) groups is 1. The minimum absolute atomic E-state index is 0.109. The molecule has 0 spiro atoms. The molecule has 1 N–H and O–H groups in total. The molecule has 1 aliphatic rings. The number of carboxylic acid groups (broad SMARTS) is 1. The van der Waals surface area contributed by atoms with E-state index in [1.807, 2.05) is 6.07 Å². The predicted octanol–water partition coefficient (Wildman–Crippen LogP) is 1.31. The van der Waals surface area contributed by atoms with E-state index in [1.54, 1.807) is 12.3 Å². The molecule has 1 fully saturated rings. The molecule has 5 heteroatoms. The van der Waals surface area contributed by atoms with Gasteiger partial charge in [0.15, 0.2) is 0 Å². The number of pyridine rings is 1. The highest BCUT2D eigenvalue weighted by atomic mass is 16.4. The van der Waals surface area contributed by atoms with E-state index in [-0.39, 0.29) is 5.69 Å². The van der Waals surface area contributed by atoms with Crippen molar-refractivity contribution >= 4 is 11.7 Å². The lowest BCUT2D eigenvalue weighted by atomic mass is 10.2. The summed E-state index contributed by atoms with van der Waals surface area (Å²) < 4.78 is 0. The van der Waals surface area contributed by atoms with Crippen molar-refractivity contribution in [1.82, 2.24) is 9.88 Å². The zero-order valence-corrected chi connectivity index (χ0v) is 10.8. The van der Waals surface area contributed by atoms with Crippen molar-refractivity contribution < 1.29 is 9.90 Å². The molecule has 0 radical (unpaired) electrons. The summed E-state index contributed by atoms with van der Waals surface area (Å²) in [4.78, 5) is 19.4. The molecular weight excluding hydrogens is 230 g/mol. The summed E-state index contributed by atoms with van der Waals surface area (Å²) in [7, 11) is 2.12. The Morgan fingerprint density at radius 2 is 2.28 bits per heavy atom. The highest BCUT2D eigenvalue weighted by Gasteiger charge is 2.20. The second-order valence-corrected chi connectivity index (χ2v) is 4.86. The van der Waals surface area contributed by atoms with Gasteiger partial charge >= 0.3 is 5.97 Å². The van der Waals surface area contributed by atoms with Gasteiger partial charge in [0, 0.05) is 31.0 Å². The molecule has 1 aromatic rings. The lowest BCUT2D eigenvalue weighted by molar-refractivity contribution is 0.0690. The van der Waals surface area contributed by atoms with Crippen molar-refractivity contribution in [2.24, 2.45) is 0 Å². The minimum Gasteiger partial charge on any atom is -0.477 e. The Labute approximate surface area is 107 Å². The van der Waals surface area contributed by atoms with Crippen molar-refractivity contribution in [3.63, 3.8) is 0 Å². The normalized spacial score (nSPS) is 21.7. The first-order chi connectivity index (χ1) is 8.58. The SMILES string of the molecule is CC1CN(C)CCCN1c1ccnc(C(=O)O)c1. The fourth-order valence-corrected chi connectivity index (χ4v) is 2.47. The number of hydrogen-bond acceptors (Lipinski definition) is 4. The number of rotatable bonds is 2. The topological polar surface area (TPSA) is 56.7 Å². The van der Waals surface area contributed by atoms with Crippen LogP contribution in [0.25, 0.3) is 0 Å². The third-order valence-electron chi connectivity index (χ3n) is 3.34. The maximum absolute atomic E-state index is 10.9. The van der Waals surface area contributed by atoms with Crippen LogP contribution in [0.1, 0.15) is 23.8 Å². The van der Waals surface area contributed by atoms with E-state index in [9.17, 15) is 4.79 Å². The van der Waals surface area contributed by atoms with Crippen molar-refractivity contribution in [2.45, 2.75) is 19.4 Å². The Morgan fingerprint density at radius 1 is 1.50 bits per heavy atom. The van der Waals surface area contributed by atoms with Gasteiger partial charge in [-0.1, -0.05) is 0 Å². The van der Waals surface area contributed by atoms with Gasteiger partial charge in [0.1, 0.15) is 5.69 Å². The number of carboxylic acids is 1. The summed E-state index contributed by atoms with van der Waals surface area (Å²) in [5, 5.41) is 8.98.